The minimum absolute atomic E-state index is 0.173. The van der Waals surface area contributed by atoms with Crippen LogP contribution in [0.15, 0.2) is 34.8 Å². The molecule has 1 aliphatic rings. The van der Waals surface area contributed by atoms with Gasteiger partial charge in [0.2, 0.25) is 5.91 Å². The van der Waals surface area contributed by atoms with Gasteiger partial charge in [-0.2, -0.15) is 4.91 Å². The summed E-state index contributed by atoms with van der Waals surface area (Å²) in [6.45, 7) is 0. The number of thiophene rings is 1. The van der Waals surface area contributed by atoms with Gasteiger partial charge in [-0.15, -0.1) is 11.3 Å². The first kappa shape index (κ1) is 18.2. The minimum Gasteiger partial charge on any atom is -0.368 e. The van der Waals surface area contributed by atoms with Crippen LogP contribution in [0.3, 0.4) is 0 Å². The van der Waals surface area contributed by atoms with E-state index < -0.39 is 23.9 Å². The molecular formula is C18H18FN3O3S. The number of carbonyl (C=O) groups excluding carboxylic acids is 2. The van der Waals surface area contributed by atoms with Crippen LogP contribution in [0.25, 0.3) is 0 Å². The molecule has 0 bridgehead atoms. The Morgan fingerprint density at radius 2 is 2.08 bits per heavy atom. The number of amides is 2. The molecule has 2 unspecified atom stereocenters. The number of benzene rings is 1. The number of primary amides is 1. The average Bonchev–Trinajstić information content (AvgIpc) is 3.07. The first-order valence-electron chi connectivity index (χ1n) is 8.27. The predicted octanol–water partition coefficient (Wildman–Crippen LogP) is 2.86. The third-order valence-corrected chi connectivity index (χ3v) is 5.63. The van der Waals surface area contributed by atoms with Crippen molar-refractivity contribution in [2.45, 2.75) is 37.8 Å². The fourth-order valence-electron chi connectivity index (χ4n) is 3.14. The van der Waals surface area contributed by atoms with Gasteiger partial charge in [-0.25, -0.2) is 4.39 Å². The molecule has 0 saturated carbocycles. The highest BCUT2D eigenvalue weighted by Crippen LogP contribution is 2.38. The quantitative estimate of drug-likeness (QED) is 0.759. The zero-order chi connectivity index (χ0) is 18.7. The molecule has 3 N–H and O–H groups in total. The fourth-order valence-corrected chi connectivity index (χ4v) is 4.31. The Hall–Kier alpha value is -2.61. The summed E-state index contributed by atoms with van der Waals surface area (Å²) in [7, 11) is 0. The van der Waals surface area contributed by atoms with Crippen LogP contribution in [0.1, 0.15) is 45.2 Å². The fraction of sp³-hybridized carbons (Fsp3) is 0.333. The van der Waals surface area contributed by atoms with Gasteiger partial charge in [-0.05, 0) is 42.5 Å². The van der Waals surface area contributed by atoms with E-state index in [4.69, 9.17) is 5.73 Å². The van der Waals surface area contributed by atoms with E-state index in [0.717, 1.165) is 16.9 Å². The number of hydrogen-bond donors (Lipinski definition) is 2. The molecule has 2 amide bonds. The van der Waals surface area contributed by atoms with Gasteiger partial charge in [0, 0.05) is 16.7 Å². The summed E-state index contributed by atoms with van der Waals surface area (Å²) in [5.74, 6) is -1.45. The van der Waals surface area contributed by atoms with Crippen LogP contribution in [0.4, 0.5) is 4.39 Å². The highest BCUT2D eigenvalue weighted by atomic mass is 32.1. The number of nitrogens with two attached hydrogens (primary N) is 1. The molecular weight excluding hydrogens is 357 g/mol. The number of fused-ring (bicyclic) bond motifs is 1. The van der Waals surface area contributed by atoms with E-state index in [-0.39, 0.29) is 12.2 Å². The lowest BCUT2D eigenvalue weighted by Crippen LogP contribution is -2.46. The Morgan fingerprint density at radius 3 is 2.73 bits per heavy atom. The van der Waals surface area contributed by atoms with Crippen LogP contribution in [0.2, 0.25) is 0 Å². The largest absolute Gasteiger partial charge is 0.368 e. The predicted molar refractivity (Wildman–Crippen MR) is 96.3 cm³/mol. The molecule has 2 aromatic rings. The Labute approximate surface area is 153 Å². The molecule has 1 heterocycles. The summed E-state index contributed by atoms with van der Waals surface area (Å²) in [5, 5.41) is 7.49. The third-order valence-electron chi connectivity index (χ3n) is 4.51. The minimum atomic E-state index is -0.910. The third kappa shape index (κ3) is 3.80. The Balaban J connectivity index is 1.76. The second-order valence-electron chi connectivity index (χ2n) is 6.26. The van der Waals surface area contributed by atoms with Gasteiger partial charge >= 0.3 is 0 Å². The number of halogens is 1. The molecule has 2 atom stereocenters. The molecule has 0 radical (unpaired) electrons. The molecule has 8 heteroatoms. The highest BCUT2D eigenvalue weighted by Gasteiger charge is 2.29. The lowest BCUT2D eigenvalue weighted by atomic mass is 9.92. The molecule has 1 aromatic heterocycles. The molecule has 136 valence electrons. The number of carbonyl (C=O) groups is 2. The topological polar surface area (TPSA) is 102 Å². The van der Waals surface area contributed by atoms with E-state index in [1.165, 1.54) is 23.5 Å². The molecule has 1 aliphatic carbocycles. The molecule has 6 nitrogen and oxygen atoms in total. The van der Waals surface area contributed by atoms with Crippen LogP contribution < -0.4 is 11.1 Å². The number of hydrogen-bond acceptors (Lipinski definition) is 5. The number of nitroso groups, excluding NO2 is 1. The second kappa shape index (κ2) is 7.74. The lowest BCUT2D eigenvalue weighted by molar-refractivity contribution is -0.119. The normalized spacial score (nSPS) is 17.2. The van der Waals surface area contributed by atoms with E-state index in [2.05, 4.69) is 10.5 Å². The molecule has 0 saturated heterocycles. The smallest absolute Gasteiger partial charge is 0.253 e. The van der Waals surface area contributed by atoms with Gasteiger partial charge in [0.15, 0.2) is 0 Å². The van der Waals surface area contributed by atoms with E-state index in [1.807, 2.05) is 0 Å². The van der Waals surface area contributed by atoms with Crippen molar-refractivity contribution >= 4 is 23.2 Å². The maximum absolute atomic E-state index is 13.0. The first-order chi connectivity index (χ1) is 12.5. The van der Waals surface area contributed by atoms with Gasteiger partial charge in [0.05, 0.1) is 5.56 Å². The molecule has 26 heavy (non-hydrogen) atoms. The SMILES string of the molecule is NC(=O)C(Cc1ccc(F)cc1)NC(=O)c1csc2c1CCCC2N=O. The Kier molecular flexibility index (Phi) is 5.41. The van der Waals surface area contributed by atoms with E-state index in [0.29, 0.717) is 24.0 Å². The Bertz CT molecular complexity index is 835. The standard InChI is InChI=1S/C18H18FN3O3S/c19-11-6-4-10(5-7-11)8-15(17(20)23)21-18(24)13-9-26-16-12(13)2-1-3-14(16)22-25/h4-7,9,14-15H,1-3,8H2,(H2,20,23)(H,21,24). The Morgan fingerprint density at radius 1 is 1.35 bits per heavy atom. The van der Waals surface area contributed by atoms with E-state index >= 15 is 0 Å². The number of nitrogens with zero attached hydrogens (tertiary/aromatic N) is 1. The van der Waals surface area contributed by atoms with Crippen molar-refractivity contribution in [3.63, 3.8) is 0 Å². The molecule has 0 fully saturated rings. The van der Waals surface area contributed by atoms with Gasteiger partial charge in [-0.3, -0.25) is 9.59 Å². The first-order valence-corrected chi connectivity index (χ1v) is 9.15. The van der Waals surface area contributed by atoms with Crippen molar-refractivity contribution in [3.8, 4) is 0 Å². The average molecular weight is 375 g/mol. The maximum Gasteiger partial charge on any atom is 0.253 e. The summed E-state index contributed by atoms with van der Waals surface area (Å²) in [6, 6.07) is 4.35. The summed E-state index contributed by atoms with van der Waals surface area (Å²) in [5.41, 5.74) is 7.39. The summed E-state index contributed by atoms with van der Waals surface area (Å²) in [4.78, 5) is 36.2. The van der Waals surface area contributed by atoms with Crippen molar-refractivity contribution in [2.75, 3.05) is 0 Å². The monoisotopic (exact) mass is 375 g/mol. The molecule has 0 aliphatic heterocycles. The summed E-state index contributed by atoms with van der Waals surface area (Å²) < 4.78 is 13.0. The van der Waals surface area contributed by atoms with Crippen LogP contribution >= 0.6 is 11.3 Å². The van der Waals surface area contributed by atoms with E-state index in [9.17, 15) is 18.9 Å². The van der Waals surface area contributed by atoms with Crippen LogP contribution in [0, 0.1) is 10.7 Å². The zero-order valence-corrected chi connectivity index (χ0v) is 14.7. The summed E-state index contributed by atoms with van der Waals surface area (Å²) >= 11 is 1.34. The lowest BCUT2D eigenvalue weighted by Gasteiger charge is -2.19. The van der Waals surface area contributed by atoms with Crippen LogP contribution in [-0.2, 0) is 17.6 Å². The van der Waals surface area contributed by atoms with E-state index in [1.54, 1.807) is 17.5 Å². The van der Waals surface area contributed by atoms with Crippen LogP contribution in [-0.4, -0.2) is 17.9 Å². The highest BCUT2D eigenvalue weighted by molar-refractivity contribution is 7.10. The zero-order valence-electron chi connectivity index (χ0n) is 13.9. The summed E-state index contributed by atoms with van der Waals surface area (Å²) in [6.07, 6.45) is 2.35. The van der Waals surface area contributed by atoms with Crippen molar-refractivity contribution in [1.82, 2.24) is 5.32 Å². The van der Waals surface area contributed by atoms with Crippen molar-refractivity contribution < 1.29 is 14.0 Å². The molecule has 3 rings (SSSR count). The van der Waals surface area contributed by atoms with Crippen molar-refractivity contribution in [2.24, 2.45) is 10.9 Å². The number of rotatable bonds is 6. The van der Waals surface area contributed by atoms with Gasteiger partial charge in [0.25, 0.3) is 5.91 Å². The van der Waals surface area contributed by atoms with Gasteiger partial charge in [0.1, 0.15) is 17.9 Å². The maximum atomic E-state index is 13.0. The van der Waals surface area contributed by atoms with Gasteiger partial charge < -0.3 is 11.1 Å². The van der Waals surface area contributed by atoms with Gasteiger partial charge in [-0.1, -0.05) is 17.3 Å². The number of nitrogens with one attached hydrogen (secondary N) is 1. The second-order valence-corrected chi connectivity index (χ2v) is 7.18. The molecule has 1 aromatic carbocycles. The van der Waals surface area contributed by atoms with Crippen LogP contribution in [0.5, 0.6) is 0 Å². The molecule has 0 spiro atoms. The van der Waals surface area contributed by atoms with Crippen molar-refractivity contribution in [3.05, 3.63) is 61.9 Å². The van der Waals surface area contributed by atoms with Crippen molar-refractivity contribution in [1.29, 1.82) is 0 Å².